The zero-order valence-electron chi connectivity index (χ0n) is 14.8. The molecular weight excluding hydrogens is 396 g/mol. The molecule has 0 aliphatic carbocycles. The highest BCUT2D eigenvalue weighted by molar-refractivity contribution is 9.10. The molecule has 0 saturated carbocycles. The summed E-state index contributed by atoms with van der Waals surface area (Å²) in [6.45, 7) is 6.81. The summed E-state index contributed by atoms with van der Waals surface area (Å²) in [7, 11) is 0. The average Bonchev–Trinajstić information content (AvgIpc) is 3.01. The molecule has 0 aromatic carbocycles. The highest BCUT2D eigenvalue weighted by atomic mass is 79.9. The molecule has 0 radical (unpaired) electrons. The minimum atomic E-state index is -0.998. The van der Waals surface area contributed by atoms with Gasteiger partial charge in [0.15, 0.2) is 5.65 Å². The molecule has 0 atom stereocenters. The molecule has 0 aliphatic heterocycles. The monoisotopic (exact) mass is 414 g/mol. The van der Waals surface area contributed by atoms with Gasteiger partial charge >= 0.3 is 5.97 Å². The molecule has 6 nitrogen and oxygen atoms in total. The van der Waals surface area contributed by atoms with E-state index < -0.39 is 5.97 Å². The quantitative estimate of drug-likeness (QED) is 0.621. The zero-order valence-corrected chi connectivity index (χ0v) is 16.4. The lowest BCUT2D eigenvalue weighted by atomic mass is 9.93. The van der Waals surface area contributed by atoms with Crippen LogP contribution < -0.4 is 0 Å². The average molecular weight is 415 g/mol. The van der Waals surface area contributed by atoms with Gasteiger partial charge in [-0.15, -0.1) is 0 Å². The maximum absolute atomic E-state index is 11.1. The number of fused-ring (bicyclic) bond motifs is 1. The summed E-state index contributed by atoms with van der Waals surface area (Å²) >= 11 is 3.47. The van der Waals surface area contributed by atoms with E-state index in [4.69, 9.17) is 10.1 Å². The van der Waals surface area contributed by atoms with Gasteiger partial charge in [0.25, 0.3) is 0 Å². The molecule has 0 bridgehead atoms. The summed E-state index contributed by atoms with van der Waals surface area (Å²) < 4.78 is 2.70. The Kier molecular flexibility index (Phi) is 5.18. The lowest BCUT2D eigenvalue weighted by molar-refractivity contribution is -0.131. The number of carboxylic acids is 1. The molecule has 0 aliphatic rings. The minimum absolute atomic E-state index is 0.118. The Hall–Kier alpha value is -2.54. The molecule has 7 heteroatoms. The molecule has 3 rings (SSSR count). The SMILES string of the molecule is CCn1ncc2c(-c3cncc(Br)c3)c(/C=C/C(=O)O)c(C(C)C)nc21. The third-order valence-corrected chi connectivity index (χ3v) is 4.52. The fourth-order valence-electron chi connectivity index (χ4n) is 2.98. The van der Waals surface area contributed by atoms with Crippen molar-refractivity contribution in [2.24, 2.45) is 0 Å². The number of pyridine rings is 2. The van der Waals surface area contributed by atoms with E-state index in [1.807, 2.05) is 31.5 Å². The molecule has 3 aromatic heterocycles. The highest BCUT2D eigenvalue weighted by Gasteiger charge is 2.20. The number of halogens is 1. The van der Waals surface area contributed by atoms with Crippen LogP contribution in [0.15, 0.2) is 35.2 Å². The van der Waals surface area contributed by atoms with Gasteiger partial charge in [-0.25, -0.2) is 14.5 Å². The molecule has 3 aromatic rings. The first-order valence-corrected chi connectivity index (χ1v) is 9.13. The van der Waals surface area contributed by atoms with Crippen LogP contribution in [0.4, 0.5) is 0 Å². The van der Waals surface area contributed by atoms with Gasteiger partial charge in [-0.3, -0.25) is 4.98 Å². The zero-order chi connectivity index (χ0) is 18.8. The van der Waals surface area contributed by atoms with E-state index in [0.29, 0.717) is 6.54 Å². The number of rotatable bonds is 5. The van der Waals surface area contributed by atoms with Crippen LogP contribution >= 0.6 is 15.9 Å². The maximum atomic E-state index is 11.1. The largest absolute Gasteiger partial charge is 0.478 e. The highest BCUT2D eigenvalue weighted by Crippen LogP contribution is 2.36. The summed E-state index contributed by atoms with van der Waals surface area (Å²) in [4.78, 5) is 20.2. The predicted octanol–water partition coefficient (Wildman–Crippen LogP) is 4.50. The second kappa shape index (κ2) is 7.37. The lowest BCUT2D eigenvalue weighted by Crippen LogP contribution is -2.04. The van der Waals surface area contributed by atoms with E-state index in [9.17, 15) is 4.79 Å². The van der Waals surface area contributed by atoms with E-state index in [0.717, 1.165) is 44.0 Å². The van der Waals surface area contributed by atoms with Crippen LogP contribution in [0.3, 0.4) is 0 Å². The molecule has 1 N–H and O–H groups in total. The van der Waals surface area contributed by atoms with Crippen LogP contribution in [0.25, 0.3) is 28.2 Å². The van der Waals surface area contributed by atoms with Crippen LogP contribution in [-0.2, 0) is 11.3 Å². The first kappa shape index (κ1) is 18.3. The van der Waals surface area contributed by atoms with Crippen LogP contribution in [0.2, 0.25) is 0 Å². The van der Waals surface area contributed by atoms with Crippen molar-refractivity contribution in [2.75, 3.05) is 0 Å². The summed E-state index contributed by atoms with van der Waals surface area (Å²) in [5.74, 6) is -0.880. The Morgan fingerprint density at radius 1 is 1.35 bits per heavy atom. The van der Waals surface area contributed by atoms with Crippen LogP contribution in [-0.4, -0.2) is 30.8 Å². The third-order valence-electron chi connectivity index (χ3n) is 4.09. The van der Waals surface area contributed by atoms with Crippen molar-refractivity contribution in [2.45, 2.75) is 33.2 Å². The van der Waals surface area contributed by atoms with E-state index in [-0.39, 0.29) is 5.92 Å². The molecule has 26 heavy (non-hydrogen) atoms. The van der Waals surface area contributed by atoms with Gasteiger partial charge in [-0.05, 0) is 40.9 Å². The van der Waals surface area contributed by atoms with Crippen molar-refractivity contribution in [1.29, 1.82) is 0 Å². The van der Waals surface area contributed by atoms with E-state index in [1.54, 1.807) is 24.7 Å². The number of hydrogen-bond donors (Lipinski definition) is 1. The Balaban J connectivity index is 2.45. The Bertz CT molecular complexity index is 1010. The van der Waals surface area contributed by atoms with Crippen molar-refractivity contribution in [3.63, 3.8) is 0 Å². The molecular formula is C19H19BrN4O2. The number of aryl methyl sites for hydroxylation is 1. The number of aliphatic carboxylic acids is 1. The normalized spacial score (nSPS) is 11.7. The molecule has 3 heterocycles. The van der Waals surface area contributed by atoms with Crippen molar-refractivity contribution >= 4 is 39.0 Å². The molecule has 0 fully saturated rings. The molecule has 0 spiro atoms. The van der Waals surface area contributed by atoms with Crippen molar-refractivity contribution in [3.05, 3.63) is 46.5 Å². The second-order valence-electron chi connectivity index (χ2n) is 6.20. The standard InChI is InChI=1S/C19H19BrN4O2/c1-4-24-19-15(10-22-24)17(12-7-13(20)9-21-8-12)14(5-6-16(25)26)18(23-19)11(2)3/h5-11H,4H2,1-3H3,(H,25,26)/b6-5+. The van der Waals surface area contributed by atoms with E-state index >= 15 is 0 Å². The second-order valence-corrected chi connectivity index (χ2v) is 7.12. The molecule has 0 amide bonds. The summed E-state index contributed by atoms with van der Waals surface area (Å²) in [5.41, 5.74) is 4.18. The summed E-state index contributed by atoms with van der Waals surface area (Å²) in [6, 6.07) is 1.97. The Morgan fingerprint density at radius 3 is 2.73 bits per heavy atom. The van der Waals surface area contributed by atoms with Crippen molar-refractivity contribution in [1.82, 2.24) is 19.7 Å². The van der Waals surface area contributed by atoms with Gasteiger partial charge in [0.05, 0.1) is 11.9 Å². The van der Waals surface area contributed by atoms with Gasteiger partial charge < -0.3 is 5.11 Å². The van der Waals surface area contributed by atoms with Crippen molar-refractivity contribution in [3.8, 4) is 11.1 Å². The van der Waals surface area contributed by atoms with Gasteiger partial charge in [-0.2, -0.15) is 5.10 Å². The predicted molar refractivity (Wildman–Crippen MR) is 105 cm³/mol. The first-order valence-electron chi connectivity index (χ1n) is 8.33. The molecule has 134 valence electrons. The number of carboxylic acid groups (broad SMARTS) is 1. The topological polar surface area (TPSA) is 80.9 Å². The minimum Gasteiger partial charge on any atom is -0.478 e. The lowest BCUT2D eigenvalue weighted by Gasteiger charge is -2.16. The van der Waals surface area contributed by atoms with Crippen LogP contribution in [0, 0.1) is 0 Å². The van der Waals surface area contributed by atoms with Gasteiger partial charge in [-0.1, -0.05) is 13.8 Å². The maximum Gasteiger partial charge on any atom is 0.328 e. The summed E-state index contributed by atoms with van der Waals surface area (Å²) in [5, 5.41) is 14.4. The van der Waals surface area contributed by atoms with E-state index in [1.165, 1.54) is 0 Å². The third kappa shape index (κ3) is 3.39. The van der Waals surface area contributed by atoms with Gasteiger partial charge in [0.1, 0.15) is 0 Å². The summed E-state index contributed by atoms with van der Waals surface area (Å²) in [6.07, 6.45) is 8.03. The number of nitrogens with zero attached hydrogens (tertiary/aromatic N) is 4. The van der Waals surface area contributed by atoms with Crippen LogP contribution in [0.5, 0.6) is 0 Å². The Morgan fingerprint density at radius 2 is 2.12 bits per heavy atom. The smallest absolute Gasteiger partial charge is 0.328 e. The number of carbonyl (C=O) groups is 1. The number of hydrogen-bond acceptors (Lipinski definition) is 4. The fraction of sp³-hybridized carbons (Fsp3) is 0.263. The van der Waals surface area contributed by atoms with E-state index in [2.05, 4.69) is 26.0 Å². The molecule has 0 unspecified atom stereocenters. The van der Waals surface area contributed by atoms with Gasteiger partial charge in [0.2, 0.25) is 0 Å². The first-order chi connectivity index (χ1) is 12.4. The van der Waals surface area contributed by atoms with Crippen molar-refractivity contribution < 1.29 is 9.90 Å². The van der Waals surface area contributed by atoms with Crippen LogP contribution in [0.1, 0.15) is 37.9 Å². The Labute approximate surface area is 159 Å². The molecule has 0 saturated heterocycles. The number of aromatic nitrogens is 4. The van der Waals surface area contributed by atoms with Gasteiger partial charge in [0, 0.05) is 51.6 Å². The fourth-order valence-corrected chi connectivity index (χ4v) is 3.34.